The van der Waals surface area contributed by atoms with Gasteiger partial charge in [0.2, 0.25) is 0 Å². The van der Waals surface area contributed by atoms with E-state index in [1.165, 1.54) is 17.3 Å². The van der Waals surface area contributed by atoms with Gasteiger partial charge in [-0.05, 0) is 41.1 Å². The number of amidine groups is 1. The molecular weight excluding hydrogens is 378 g/mol. The molecule has 0 atom stereocenters. The van der Waals surface area contributed by atoms with Gasteiger partial charge in [0.05, 0.1) is 4.91 Å². The Hall–Kier alpha value is -2.08. The van der Waals surface area contributed by atoms with Gasteiger partial charge in [-0.15, -0.1) is 0 Å². The van der Waals surface area contributed by atoms with E-state index >= 15 is 0 Å². The standard InChI is InChI=1S/C21H20ClN3OS/c22-18-8-6-16(7-9-18)14-19-20(26)23-21(27-19)25-12-10-24(11-13-25)15-17-4-2-1-3-5-17/h1-9,14H,10-13,15H2. The van der Waals surface area contributed by atoms with Crippen LogP contribution in [0.5, 0.6) is 0 Å². The molecule has 0 bridgehead atoms. The van der Waals surface area contributed by atoms with E-state index in [2.05, 4.69) is 39.1 Å². The lowest BCUT2D eigenvalue weighted by Crippen LogP contribution is -2.47. The molecule has 2 aromatic rings. The summed E-state index contributed by atoms with van der Waals surface area (Å²) in [4.78, 5) is 21.9. The number of rotatable bonds is 3. The summed E-state index contributed by atoms with van der Waals surface area (Å²) in [5, 5.41) is 1.51. The van der Waals surface area contributed by atoms with E-state index in [0.717, 1.165) is 43.5 Å². The van der Waals surface area contributed by atoms with Crippen molar-refractivity contribution in [1.82, 2.24) is 9.80 Å². The SMILES string of the molecule is O=C1N=C(N2CCN(Cc3ccccc3)CC2)SC1=Cc1ccc(Cl)cc1. The second-order valence-electron chi connectivity index (χ2n) is 6.61. The third-order valence-electron chi connectivity index (χ3n) is 4.67. The highest BCUT2D eigenvalue weighted by Crippen LogP contribution is 2.31. The summed E-state index contributed by atoms with van der Waals surface area (Å²) in [6.07, 6.45) is 1.88. The molecule has 2 aliphatic rings. The molecule has 0 radical (unpaired) electrons. The molecule has 0 unspecified atom stereocenters. The average molecular weight is 398 g/mol. The summed E-state index contributed by atoms with van der Waals surface area (Å²) in [7, 11) is 0. The number of benzene rings is 2. The van der Waals surface area contributed by atoms with Gasteiger partial charge in [0.1, 0.15) is 0 Å². The topological polar surface area (TPSA) is 35.9 Å². The van der Waals surface area contributed by atoms with E-state index in [-0.39, 0.29) is 5.91 Å². The molecule has 0 saturated carbocycles. The minimum Gasteiger partial charge on any atom is -0.348 e. The molecule has 2 aromatic carbocycles. The van der Waals surface area contributed by atoms with Crippen LogP contribution in [0.1, 0.15) is 11.1 Å². The number of piperazine rings is 1. The van der Waals surface area contributed by atoms with Crippen LogP contribution in [0, 0.1) is 0 Å². The number of thioether (sulfide) groups is 1. The number of halogens is 1. The average Bonchev–Trinajstić information content (AvgIpc) is 3.05. The molecule has 4 rings (SSSR count). The lowest BCUT2D eigenvalue weighted by atomic mass is 10.2. The highest BCUT2D eigenvalue weighted by molar-refractivity contribution is 8.18. The third-order valence-corrected chi connectivity index (χ3v) is 5.97. The summed E-state index contributed by atoms with van der Waals surface area (Å²) in [5.41, 5.74) is 2.29. The number of aliphatic imine (C=N–C) groups is 1. The summed E-state index contributed by atoms with van der Waals surface area (Å²) in [6.45, 7) is 4.69. The van der Waals surface area contributed by atoms with E-state index in [4.69, 9.17) is 11.6 Å². The second-order valence-corrected chi connectivity index (χ2v) is 8.06. The van der Waals surface area contributed by atoms with E-state index in [9.17, 15) is 4.79 Å². The predicted molar refractivity (Wildman–Crippen MR) is 113 cm³/mol. The van der Waals surface area contributed by atoms with Crippen LogP contribution in [-0.4, -0.2) is 47.1 Å². The first-order valence-electron chi connectivity index (χ1n) is 8.97. The van der Waals surface area contributed by atoms with Crippen LogP contribution in [0.3, 0.4) is 0 Å². The summed E-state index contributed by atoms with van der Waals surface area (Å²) >= 11 is 7.38. The van der Waals surface area contributed by atoms with Crippen LogP contribution in [0.4, 0.5) is 0 Å². The third kappa shape index (κ3) is 4.61. The van der Waals surface area contributed by atoms with Gasteiger partial charge in [-0.25, -0.2) is 0 Å². The van der Waals surface area contributed by atoms with Crippen molar-refractivity contribution in [2.24, 2.45) is 4.99 Å². The number of carbonyl (C=O) groups excluding carboxylic acids is 1. The van der Waals surface area contributed by atoms with Gasteiger partial charge in [-0.1, -0.05) is 54.1 Å². The predicted octanol–water partition coefficient (Wildman–Crippen LogP) is 4.13. The van der Waals surface area contributed by atoms with Crippen molar-refractivity contribution in [3.63, 3.8) is 0 Å². The summed E-state index contributed by atoms with van der Waals surface area (Å²) in [5.74, 6) is -0.156. The first kappa shape index (κ1) is 18.3. The monoisotopic (exact) mass is 397 g/mol. The van der Waals surface area contributed by atoms with Crippen LogP contribution in [-0.2, 0) is 11.3 Å². The molecular formula is C21H20ClN3OS. The van der Waals surface area contributed by atoms with Crippen LogP contribution in [0.25, 0.3) is 6.08 Å². The molecule has 0 aromatic heterocycles. The Bertz CT molecular complexity index is 872. The fourth-order valence-electron chi connectivity index (χ4n) is 3.18. The Morgan fingerprint density at radius 3 is 2.41 bits per heavy atom. The minimum absolute atomic E-state index is 0.156. The molecule has 1 amide bonds. The Balaban J connectivity index is 1.34. The Morgan fingerprint density at radius 1 is 1.00 bits per heavy atom. The molecule has 1 fully saturated rings. The Labute approximate surface area is 168 Å². The van der Waals surface area contributed by atoms with Crippen molar-refractivity contribution < 1.29 is 4.79 Å². The van der Waals surface area contributed by atoms with Crippen molar-refractivity contribution in [2.75, 3.05) is 26.2 Å². The largest absolute Gasteiger partial charge is 0.348 e. The van der Waals surface area contributed by atoms with Gasteiger partial charge in [0, 0.05) is 37.7 Å². The van der Waals surface area contributed by atoms with Gasteiger partial charge in [-0.2, -0.15) is 4.99 Å². The molecule has 2 aliphatic heterocycles. The second kappa shape index (κ2) is 8.30. The fraction of sp³-hybridized carbons (Fsp3) is 0.238. The quantitative estimate of drug-likeness (QED) is 0.729. The maximum Gasteiger partial charge on any atom is 0.286 e. The van der Waals surface area contributed by atoms with Crippen LogP contribution in [0.2, 0.25) is 5.02 Å². The molecule has 4 nitrogen and oxygen atoms in total. The van der Waals surface area contributed by atoms with Gasteiger partial charge in [0.15, 0.2) is 5.17 Å². The summed E-state index contributed by atoms with van der Waals surface area (Å²) in [6, 6.07) is 18.0. The molecule has 138 valence electrons. The Morgan fingerprint density at radius 2 is 1.70 bits per heavy atom. The van der Waals surface area contributed by atoms with Crippen LogP contribution < -0.4 is 0 Å². The first-order chi connectivity index (χ1) is 13.2. The zero-order valence-electron chi connectivity index (χ0n) is 14.8. The van der Waals surface area contributed by atoms with Gasteiger partial charge in [0.25, 0.3) is 5.91 Å². The number of nitrogens with zero attached hydrogens (tertiary/aromatic N) is 3. The maximum absolute atomic E-state index is 12.3. The molecule has 0 N–H and O–H groups in total. The normalized spacial score (nSPS) is 19.6. The first-order valence-corrected chi connectivity index (χ1v) is 10.2. The number of amides is 1. The van der Waals surface area contributed by atoms with Gasteiger partial charge in [-0.3, -0.25) is 9.69 Å². The highest BCUT2D eigenvalue weighted by Gasteiger charge is 2.28. The minimum atomic E-state index is -0.156. The molecule has 0 spiro atoms. The van der Waals surface area contributed by atoms with E-state index in [1.807, 2.05) is 36.4 Å². The smallest absolute Gasteiger partial charge is 0.286 e. The zero-order chi connectivity index (χ0) is 18.6. The number of hydrogen-bond acceptors (Lipinski definition) is 4. The van der Waals surface area contributed by atoms with Crippen LogP contribution in [0.15, 0.2) is 64.5 Å². The van der Waals surface area contributed by atoms with Gasteiger partial charge < -0.3 is 4.90 Å². The van der Waals surface area contributed by atoms with E-state index < -0.39 is 0 Å². The van der Waals surface area contributed by atoms with Crippen molar-refractivity contribution >= 4 is 40.5 Å². The molecule has 27 heavy (non-hydrogen) atoms. The van der Waals surface area contributed by atoms with E-state index in [1.54, 1.807) is 0 Å². The Kier molecular flexibility index (Phi) is 5.62. The van der Waals surface area contributed by atoms with Crippen molar-refractivity contribution in [1.29, 1.82) is 0 Å². The van der Waals surface area contributed by atoms with Crippen molar-refractivity contribution in [3.8, 4) is 0 Å². The lowest BCUT2D eigenvalue weighted by molar-refractivity contribution is -0.113. The zero-order valence-corrected chi connectivity index (χ0v) is 16.4. The fourth-order valence-corrected chi connectivity index (χ4v) is 4.27. The molecule has 0 aliphatic carbocycles. The lowest BCUT2D eigenvalue weighted by Gasteiger charge is -2.35. The molecule has 1 saturated heterocycles. The molecule has 2 heterocycles. The van der Waals surface area contributed by atoms with Gasteiger partial charge >= 0.3 is 0 Å². The van der Waals surface area contributed by atoms with Crippen LogP contribution >= 0.6 is 23.4 Å². The van der Waals surface area contributed by atoms with Crippen molar-refractivity contribution in [3.05, 3.63) is 75.7 Å². The summed E-state index contributed by atoms with van der Waals surface area (Å²) < 4.78 is 0. The highest BCUT2D eigenvalue weighted by atomic mass is 35.5. The van der Waals surface area contributed by atoms with E-state index in [0.29, 0.717) is 9.93 Å². The van der Waals surface area contributed by atoms with Crippen molar-refractivity contribution in [2.45, 2.75) is 6.54 Å². The number of hydrogen-bond donors (Lipinski definition) is 0. The number of carbonyl (C=O) groups is 1. The molecule has 6 heteroatoms. The maximum atomic E-state index is 12.3.